The molecule has 0 radical (unpaired) electrons. The van der Waals surface area contributed by atoms with Crippen molar-refractivity contribution in [3.05, 3.63) is 53.7 Å². The third kappa shape index (κ3) is 3.92. The van der Waals surface area contributed by atoms with E-state index in [9.17, 15) is 19.1 Å². The van der Waals surface area contributed by atoms with Gasteiger partial charge in [-0.3, -0.25) is 9.59 Å². The average molecular weight is 306 g/mol. The number of carbonyl (C=O) groups excluding carboxylic acids is 2. The van der Waals surface area contributed by atoms with Crippen molar-refractivity contribution >= 4 is 17.5 Å². The van der Waals surface area contributed by atoms with Crippen molar-refractivity contribution in [2.24, 2.45) is 0 Å². The van der Waals surface area contributed by atoms with Gasteiger partial charge in [0.1, 0.15) is 17.7 Å². The molecule has 0 aliphatic rings. The van der Waals surface area contributed by atoms with Crippen LogP contribution in [0.5, 0.6) is 0 Å². The van der Waals surface area contributed by atoms with E-state index in [0.29, 0.717) is 5.76 Å². The summed E-state index contributed by atoms with van der Waals surface area (Å²) < 4.78 is 18.5. The largest absolute Gasteiger partial charge is 0.467 e. The number of amides is 2. The Hall–Kier alpha value is -2.67. The topological polar surface area (TPSA) is 91.6 Å². The van der Waals surface area contributed by atoms with Crippen LogP contribution in [0.4, 0.5) is 10.1 Å². The van der Waals surface area contributed by atoms with Gasteiger partial charge in [-0.2, -0.15) is 0 Å². The summed E-state index contributed by atoms with van der Waals surface area (Å²) >= 11 is 0. The number of rotatable bonds is 5. The molecule has 2 aromatic rings. The summed E-state index contributed by atoms with van der Waals surface area (Å²) in [5, 5.41) is 14.6. The van der Waals surface area contributed by atoms with Crippen molar-refractivity contribution in [3.8, 4) is 0 Å². The monoisotopic (exact) mass is 306 g/mol. The third-order valence-electron chi connectivity index (χ3n) is 2.87. The maximum absolute atomic E-state index is 13.5. The Balaban J connectivity index is 2.01. The van der Waals surface area contributed by atoms with Gasteiger partial charge in [0.05, 0.1) is 18.5 Å². The Morgan fingerprint density at radius 1 is 1.36 bits per heavy atom. The van der Waals surface area contributed by atoms with Crippen LogP contribution in [0.15, 0.2) is 41.0 Å². The molecule has 0 spiro atoms. The van der Waals surface area contributed by atoms with Crippen LogP contribution in [-0.4, -0.2) is 23.5 Å². The molecule has 116 valence electrons. The number of aliphatic hydroxyl groups excluding tert-OH is 1. The van der Waals surface area contributed by atoms with Crippen LogP contribution >= 0.6 is 0 Å². The van der Waals surface area contributed by atoms with E-state index in [1.54, 1.807) is 12.1 Å². The zero-order valence-electron chi connectivity index (χ0n) is 11.8. The molecule has 1 unspecified atom stereocenters. The summed E-state index contributed by atoms with van der Waals surface area (Å²) in [7, 11) is 0. The highest BCUT2D eigenvalue weighted by atomic mass is 19.1. The van der Waals surface area contributed by atoms with E-state index in [2.05, 4.69) is 10.6 Å². The standard InChI is InChI=1S/C15H15FN2O4/c1-9(19)18-12-7-10(4-5-11(12)16)15(21)17-8-13(20)14-3-2-6-22-14/h2-7,13,20H,8H2,1H3,(H,17,21)(H,18,19). The number of hydrogen-bond donors (Lipinski definition) is 3. The highest BCUT2D eigenvalue weighted by molar-refractivity contribution is 5.96. The van der Waals surface area contributed by atoms with Crippen LogP contribution in [0.3, 0.4) is 0 Å². The van der Waals surface area contributed by atoms with Crippen LogP contribution in [0.25, 0.3) is 0 Å². The minimum atomic E-state index is -0.978. The number of aliphatic hydroxyl groups is 1. The van der Waals surface area contributed by atoms with Crippen molar-refractivity contribution < 1.29 is 23.5 Å². The van der Waals surface area contributed by atoms with Crippen LogP contribution < -0.4 is 10.6 Å². The molecule has 0 saturated carbocycles. The highest BCUT2D eigenvalue weighted by Crippen LogP contribution is 2.17. The van der Waals surface area contributed by atoms with Crippen molar-refractivity contribution in [1.82, 2.24) is 5.32 Å². The lowest BCUT2D eigenvalue weighted by Crippen LogP contribution is -2.28. The predicted molar refractivity (Wildman–Crippen MR) is 76.7 cm³/mol. The molecule has 0 bridgehead atoms. The minimum Gasteiger partial charge on any atom is -0.467 e. The number of furan rings is 1. The van der Waals surface area contributed by atoms with Crippen LogP contribution in [0.2, 0.25) is 0 Å². The molecule has 22 heavy (non-hydrogen) atoms. The molecule has 1 aromatic heterocycles. The van der Waals surface area contributed by atoms with Gasteiger partial charge in [0, 0.05) is 12.5 Å². The van der Waals surface area contributed by atoms with Crippen LogP contribution in [0, 0.1) is 5.82 Å². The molecule has 2 rings (SSSR count). The zero-order chi connectivity index (χ0) is 16.1. The van der Waals surface area contributed by atoms with Gasteiger partial charge in [0.25, 0.3) is 5.91 Å². The van der Waals surface area contributed by atoms with Gasteiger partial charge in [-0.15, -0.1) is 0 Å². The molecule has 2 amide bonds. The molecular weight excluding hydrogens is 291 g/mol. The van der Waals surface area contributed by atoms with Gasteiger partial charge < -0.3 is 20.2 Å². The molecule has 0 fully saturated rings. The molecule has 0 saturated heterocycles. The molecule has 3 N–H and O–H groups in total. The molecular formula is C15H15FN2O4. The lowest BCUT2D eigenvalue weighted by molar-refractivity contribution is -0.114. The molecule has 0 aliphatic heterocycles. The van der Waals surface area contributed by atoms with Gasteiger partial charge in [-0.1, -0.05) is 0 Å². The number of anilines is 1. The van der Waals surface area contributed by atoms with E-state index in [-0.39, 0.29) is 17.8 Å². The summed E-state index contributed by atoms with van der Waals surface area (Å²) in [4.78, 5) is 23.0. The van der Waals surface area contributed by atoms with Gasteiger partial charge >= 0.3 is 0 Å². The highest BCUT2D eigenvalue weighted by Gasteiger charge is 2.14. The molecule has 1 aromatic carbocycles. The fourth-order valence-corrected chi connectivity index (χ4v) is 1.82. The maximum Gasteiger partial charge on any atom is 0.251 e. The van der Waals surface area contributed by atoms with Crippen molar-refractivity contribution in [3.63, 3.8) is 0 Å². The van der Waals surface area contributed by atoms with Crippen LogP contribution in [-0.2, 0) is 4.79 Å². The van der Waals surface area contributed by atoms with E-state index in [1.807, 2.05) is 0 Å². The third-order valence-corrected chi connectivity index (χ3v) is 2.87. The Morgan fingerprint density at radius 2 is 2.14 bits per heavy atom. The first-order chi connectivity index (χ1) is 10.5. The first-order valence-electron chi connectivity index (χ1n) is 6.54. The number of hydrogen-bond acceptors (Lipinski definition) is 4. The number of carbonyl (C=O) groups is 2. The van der Waals surface area contributed by atoms with Crippen molar-refractivity contribution in [2.75, 3.05) is 11.9 Å². The number of benzene rings is 1. The smallest absolute Gasteiger partial charge is 0.251 e. The maximum atomic E-state index is 13.5. The van der Waals surface area contributed by atoms with E-state index < -0.39 is 23.7 Å². The first kappa shape index (κ1) is 15.7. The van der Waals surface area contributed by atoms with Gasteiger partial charge in [-0.05, 0) is 30.3 Å². The Morgan fingerprint density at radius 3 is 2.77 bits per heavy atom. The second-order valence-corrected chi connectivity index (χ2v) is 4.62. The van der Waals surface area contributed by atoms with E-state index in [1.165, 1.54) is 25.3 Å². The predicted octanol–water partition coefficient (Wildman–Crippen LogP) is 1.84. The quantitative estimate of drug-likeness (QED) is 0.786. The average Bonchev–Trinajstić information content (AvgIpc) is 3.00. The lowest BCUT2D eigenvalue weighted by atomic mass is 10.1. The Labute approximate surface area is 125 Å². The fraction of sp³-hybridized carbons (Fsp3) is 0.200. The van der Waals surface area contributed by atoms with Gasteiger partial charge in [-0.25, -0.2) is 4.39 Å². The summed E-state index contributed by atoms with van der Waals surface area (Å²) in [6, 6.07) is 6.81. The molecule has 1 atom stereocenters. The van der Waals surface area contributed by atoms with Crippen molar-refractivity contribution in [1.29, 1.82) is 0 Å². The Kier molecular flexibility index (Phi) is 4.90. The summed E-state index contributed by atoms with van der Waals surface area (Å²) in [6.45, 7) is 1.19. The fourth-order valence-electron chi connectivity index (χ4n) is 1.82. The van der Waals surface area contributed by atoms with E-state index in [4.69, 9.17) is 4.42 Å². The SMILES string of the molecule is CC(=O)Nc1cc(C(=O)NCC(O)c2ccco2)ccc1F. The number of halogens is 1. The molecule has 1 heterocycles. The second-order valence-electron chi connectivity index (χ2n) is 4.62. The zero-order valence-corrected chi connectivity index (χ0v) is 11.8. The van der Waals surface area contributed by atoms with Gasteiger partial charge in [0.2, 0.25) is 5.91 Å². The molecule has 7 heteroatoms. The van der Waals surface area contributed by atoms with E-state index >= 15 is 0 Å². The lowest BCUT2D eigenvalue weighted by Gasteiger charge is -2.11. The minimum absolute atomic E-state index is 0.0564. The summed E-state index contributed by atoms with van der Waals surface area (Å²) in [5.74, 6) is -1.25. The summed E-state index contributed by atoms with van der Waals surface area (Å²) in [6.07, 6.45) is 0.439. The molecule has 0 aliphatic carbocycles. The van der Waals surface area contributed by atoms with E-state index in [0.717, 1.165) is 6.07 Å². The normalized spacial score (nSPS) is 11.8. The Bertz CT molecular complexity index is 670. The second kappa shape index (κ2) is 6.86. The summed E-state index contributed by atoms with van der Waals surface area (Å²) in [5.41, 5.74) is 0.0866. The van der Waals surface area contributed by atoms with Crippen molar-refractivity contribution in [2.45, 2.75) is 13.0 Å². The van der Waals surface area contributed by atoms with Gasteiger partial charge in [0.15, 0.2) is 0 Å². The number of nitrogens with one attached hydrogen (secondary N) is 2. The molecule has 6 nitrogen and oxygen atoms in total. The van der Waals surface area contributed by atoms with Crippen LogP contribution in [0.1, 0.15) is 29.1 Å². The first-order valence-corrected chi connectivity index (χ1v) is 6.54.